The molecule has 30 heavy (non-hydrogen) atoms. The van der Waals surface area contributed by atoms with Crippen molar-refractivity contribution in [2.45, 2.75) is 91.4 Å². The number of carbonyl (C=O) groups excluding carboxylic acids is 1. The van der Waals surface area contributed by atoms with Crippen LogP contribution >= 0.6 is 0 Å². The van der Waals surface area contributed by atoms with Crippen molar-refractivity contribution >= 4 is 5.97 Å². The van der Waals surface area contributed by atoms with Crippen molar-refractivity contribution in [3.05, 3.63) is 59.8 Å². The number of unbranched alkanes of at least 4 members (excludes halogenated alkanes) is 4. The summed E-state index contributed by atoms with van der Waals surface area (Å²) in [5.41, 5.74) is 3.09. The molecule has 0 aromatic rings. The zero-order valence-corrected chi connectivity index (χ0v) is 23.0. The van der Waals surface area contributed by atoms with Gasteiger partial charge < -0.3 is 9.90 Å². The molecule has 0 saturated heterocycles. The molecule has 0 unspecified atom stereocenters. The topological polar surface area (TPSA) is 40.1 Å². The molecule has 1 rings (SSSR count). The summed E-state index contributed by atoms with van der Waals surface area (Å²) in [6.07, 6.45) is 29.3. The van der Waals surface area contributed by atoms with Crippen molar-refractivity contribution in [2.24, 2.45) is 11.8 Å². The van der Waals surface area contributed by atoms with Gasteiger partial charge in [0.15, 0.2) is 0 Å². The molecule has 0 aliphatic heterocycles. The number of carboxylic acids is 1. The Kier molecular flexibility index (Phi) is 19.4. The second-order valence-corrected chi connectivity index (χ2v) is 8.33. The Balaban J connectivity index is 0.00000841. The molecule has 0 saturated carbocycles. The summed E-state index contributed by atoms with van der Waals surface area (Å²) < 4.78 is 0. The van der Waals surface area contributed by atoms with Crippen LogP contribution in [0.5, 0.6) is 0 Å². The van der Waals surface area contributed by atoms with E-state index in [0.717, 1.165) is 32.1 Å². The van der Waals surface area contributed by atoms with Gasteiger partial charge in [0, 0.05) is 5.97 Å². The van der Waals surface area contributed by atoms with Gasteiger partial charge in [-0.2, -0.15) is 0 Å². The number of hydrogen-bond donors (Lipinski definition) is 0. The van der Waals surface area contributed by atoms with Gasteiger partial charge in [-0.15, -0.1) is 0 Å². The number of carboxylic acid groups (broad SMARTS) is 1. The Hall–Kier alpha value is -0.194. The Morgan fingerprint density at radius 1 is 0.833 bits per heavy atom. The first-order valence-corrected chi connectivity index (χ1v) is 11.5. The van der Waals surface area contributed by atoms with E-state index in [9.17, 15) is 9.90 Å². The first-order chi connectivity index (χ1) is 14.0. The van der Waals surface area contributed by atoms with E-state index < -0.39 is 5.97 Å². The molecule has 0 amide bonds. The SMILES string of the molecule is CCCCC/C=C\C/C=C\[C@H]1CC(C)=C(C)C[C@H]1/C=C\C/C=C\CCCC(=O)[O-].[K+]. The third kappa shape index (κ3) is 14.7. The van der Waals surface area contributed by atoms with Crippen LogP contribution in [0.2, 0.25) is 0 Å². The van der Waals surface area contributed by atoms with Gasteiger partial charge in [-0.1, -0.05) is 79.5 Å². The predicted molar refractivity (Wildman–Crippen MR) is 123 cm³/mol. The fraction of sp³-hybridized carbons (Fsp3) is 0.593. The minimum atomic E-state index is -0.958. The molecule has 0 aromatic heterocycles. The summed E-state index contributed by atoms with van der Waals surface area (Å²) in [4.78, 5) is 10.4. The third-order valence-electron chi connectivity index (χ3n) is 5.73. The van der Waals surface area contributed by atoms with Crippen LogP contribution in [0, 0.1) is 11.8 Å². The molecule has 162 valence electrons. The molecule has 0 bridgehead atoms. The second kappa shape index (κ2) is 19.5. The minimum Gasteiger partial charge on any atom is -0.550 e. The first-order valence-electron chi connectivity index (χ1n) is 11.5. The molecular weight excluding hydrogens is 395 g/mol. The summed E-state index contributed by atoms with van der Waals surface area (Å²) in [5.74, 6) is 0.214. The molecule has 2 nitrogen and oxygen atoms in total. The predicted octanol–water partition coefficient (Wildman–Crippen LogP) is 3.86. The van der Waals surface area contributed by atoms with Gasteiger partial charge in [-0.25, -0.2) is 0 Å². The van der Waals surface area contributed by atoms with Crippen molar-refractivity contribution in [1.29, 1.82) is 0 Å². The summed E-state index contributed by atoms with van der Waals surface area (Å²) in [5, 5.41) is 10.4. The van der Waals surface area contributed by atoms with Gasteiger partial charge in [-0.3, -0.25) is 0 Å². The van der Waals surface area contributed by atoms with Crippen LogP contribution in [0.1, 0.15) is 91.4 Å². The van der Waals surface area contributed by atoms with Gasteiger partial charge >= 0.3 is 51.4 Å². The average Bonchev–Trinajstić information content (AvgIpc) is 2.68. The summed E-state index contributed by atoms with van der Waals surface area (Å²) in [7, 11) is 0. The van der Waals surface area contributed by atoms with E-state index in [0.29, 0.717) is 18.3 Å². The van der Waals surface area contributed by atoms with E-state index >= 15 is 0 Å². The van der Waals surface area contributed by atoms with Crippen LogP contribution < -0.4 is 56.5 Å². The number of rotatable bonds is 14. The maximum Gasteiger partial charge on any atom is 1.00 e. The second-order valence-electron chi connectivity index (χ2n) is 8.33. The zero-order chi connectivity index (χ0) is 21.3. The number of allylic oxidation sites excluding steroid dienone is 10. The Bertz CT molecular complexity index is 610. The van der Waals surface area contributed by atoms with Crippen molar-refractivity contribution < 1.29 is 61.3 Å². The molecule has 3 heteroatoms. The smallest absolute Gasteiger partial charge is 0.550 e. The van der Waals surface area contributed by atoms with Crippen molar-refractivity contribution in [1.82, 2.24) is 0 Å². The van der Waals surface area contributed by atoms with Crippen LogP contribution in [0.4, 0.5) is 0 Å². The Morgan fingerprint density at radius 2 is 1.33 bits per heavy atom. The molecular formula is C27H41KO2. The van der Waals surface area contributed by atoms with E-state index in [1.165, 1.54) is 31.3 Å². The fourth-order valence-electron chi connectivity index (χ4n) is 3.75. The normalized spacial score (nSPS) is 20.1. The molecule has 1 aliphatic carbocycles. The Morgan fingerprint density at radius 3 is 1.80 bits per heavy atom. The van der Waals surface area contributed by atoms with Crippen molar-refractivity contribution in [2.75, 3.05) is 0 Å². The quantitative estimate of drug-likeness (QED) is 0.236. The van der Waals surface area contributed by atoms with E-state index in [1.54, 1.807) is 5.57 Å². The van der Waals surface area contributed by atoms with E-state index in [4.69, 9.17) is 0 Å². The van der Waals surface area contributed by atoms with Crippen LogP contribution in [-0.2, 0) is 4.79 Å². The largest absolute Gasteiger partial charge is 1.00 e. The van der Waals surface area contributed by atoms with Crippen LogP contribution in [0.25, 0.3) is 0 Å². The molecule has 1 aliphatic rings. The van der Waals surface area contributed by atoms with Crippen molar-refractivity contribution in [3.8, 4) is 0 Å². The molecule has 0 aromatic carbocycles. The van der Waals surface area contributed by atoms with Gasteiger partial charge in [0.05, 0.1) is 0 Å². The van der Waals surface area contributed by atoms with Crippen LogP contribution in [0.15, 0.2) is 59.8 Å². The number of carbonyl (C=O) groups is 1. The van der Waals surface area contributed by atoms with Gasteiger partial charge in [0.1, 0.15) is 0 Å². The fourth-order valence-corrected chi connectivity index (χ4v) is 3.75. The maximum atomic E-state index is 10.4. The molecule has 0 N–H and O–H groups in total. The summed E-state index contributed by atoms with van der Waals surface area (Å²) in [6, 6.07) is 0. The standard InChI is InChI=1S/C27H42O2.K/c1-4-5-6-7-8-9-12-15-18-25-21-23(2)24(3)22-26(25)19-16-13-10-11-14-17-20-27(28)29;/h8-11,15-16,18-19,25-26H,4-7,12-14,17,20-22H2,1-3H3,(H,28,29);/q;+1/p-1/b9-8-,11-10-,18-15-,19-16-;/t25-,26+;/m0./s1. The van der Waals surface area contributed by atoms with Crippen LogP contribution in [0.3, 0.4) is 0 Å². The van der Waals surface area contributed by atoms with Gasteiger partial charge in [0.25, 0.3) is 0 Å². The monoisotopic (exact) mass is 436 g/mol. The number of hydrogen-bond acceptors (Lipinski definition) is 2. The molecule has 0 fully saturated rings. The van der Waals surface area contributed by atoms with Crippen molar-refractivity contribution in [3.63, 3.8) is 0 Å². The molecule has 2 atom stereocenters. The average molecular weight is 437 g/mol. The van der Waals surface area contributed by atoms with Crippen LogP contribution in [-0.4, -0.2) is 5.97 Å². The zero-order valence-electron chi connectivity index (χ0n) is 19.9. The van der Waals surface area contributed by atoms with E-state index in [1.807, 2.05) is 0 Å². The first kappa shape index (κ1) is 29.8. The minimum absolute atomic E-state index is 0. The third-order valence-corrected chi connectivity index (χ3v) is 5.73. The maximum absolute atomic E-state index is 10.4. The Labute approximate surface area is 228 Å². The van der Waals surface area contributed by atoms with Gasteiger partial charge in [-0.05, 0) is 83.5 Å². The number of aliphatic carboxylic acids is 1. The van der Waals surface area contributed by atoms with E-state index in [2.05, 4.69) is 69.4 Å². The van der Waals surface area contributed by atoms with E-state index in [-0.39, 0.29) is 57.8 Å². The van der Waals surface area contributed by atoms with Gasteiger partial charge in [0.2, 0.25) is 0 Å². The molecule has 0 radical (unpaired) electrons. The summed E-state index contributed by atoms with van der Waals surface area (Å²) in [6.45, 7) is 6.79. The summed E-state index contributed by atoms with van der Waals surface area (Å²) >= 11 is 0. The molecule has 0 spiro atoms. The molecule has 0 heterocycles.